The molecule has 0 fully saturated rings. The maximum absolute atomic E-state index is 11.8. The number of rotatable bonds is 31. The van der Waals surface area contributed by atoms with E-state index in [2.05, 4.69) is 6.92 Å². The van der Waals surface area contributed by atoms with Gasteiger partial charge in [0.2, 0.25) is 0 Å². The quantitative estimate of drug-likeness (QED) is 0.0280. The van der Waals surface area contributed by atoms with Crippen LogP contribution in [0, 0.1) is 22.7 Å². The summed E-state index contributed by atoms with van der Waals surface area (Å²) >= 11 is 0. The zero-order valence-electron chi connectivity index (χ0n) is 32.3. The Morgan fingerprint density at radius 3 is 1.54 bits per heavy atom. The van der Waals surface area contributed by atoms with E-state index in [4.69, 9.17) is 34.1 Å². The minimum Gasteiger partial charge on any atom is -0.481 e. The van der Waals surface area contributed by atoms with Gasteiger partial charge in [0.1, 0.15) is 32.5 Å². The van der Waals surface area contributed by atoms with Gasteiger partial charge in [-0.2, -0.15) is 0 Å². The molecule has 0 aliphatic carbocycles. The van der Waals surface area contributed by atoms with Crippen LogP contribution in [0.4, 0.5) is 0 Å². The number of carboxylic acids is 2. The van der Waals surface area contributed by atoms with Gasteiger partial charge in [0, 0.05) is 0 Å². The molecule has 0 amide bonds. The standard InChI is InChI=1S/C22H42O7.C15H28O6/c1-5-7-8-9-10-11-12-13-14-18(20(24)25)15-28-29-17-19(23)16-27-21(26)22(3,4)6-2;1-5-7-12(13(16)17)8-9-20-21-11-10-19-14(18)15(3,4)6-2/h18-19,23H,5-17H2,1-4H3,(H,24,25);12H,5-11H2,1-4H3,(H,16,17). The van der Waals surface area contributed by atoms with Gasteiger partial charge in [-0.15, -0.1) is 0 Å². The summed E-state index contributed by atoms with van der Waals surface area (Å²) in [4.78, 5) is 65.3. The molecular weight excluding hydrogens is 652 g/mol. The third-order valence-corrected chi connectivity index (χ3v) is 8.67. The fourth-order valence-electron chi connectivity index (χ4n) is 4.18. The highest BCUT2D eigenvalue weighted by Crippen LogP contribution is 2.22. The second kappa shape index (κ2) is 30.3. The van der Waals surface area contributed by atoms with Gasteiger partial charge >= 0.3 is 23.9 Å². The van der Waals surface area contributed by atoms with Crippen LogP contribution < -0.4 is 0 Å². The van der Waals surface area contributed by atoms with Crippen LogP contribution in [0.25, 0.3) is 0 Å². The van der Waals surface area contributed by atoms with Crippen molar-refractivity contribution in [3.63, 3.8) is 0 Å². The molecule has 50 heavy (non-hydrogen) atoms. The molecule has 0 bridgehead atoms. The molecular formula is C37H70O13. The Morgan fingerprint density at radius 1 is 0.520 bits per heavy atom. The van der Waals surface area contributed by atoms with Crippen LogP contribution in [-0.4, -0.2) is 84.9 Å². The lowest BCUT2D eigenvalue weighted by Gasteiger charge is -2.21. The minimum absolute atomic E-state index is 0.0682. The van der Waals surface area contributed by atoms with Gasteiger partial charge in [0.05, 0.1) is 35.9 Å². The summed E-state index contributed by atoms with van der Waals surface area (Å²) in [6.07, 6.45) is 12.0. The molecule has 0 radical (unpaired) electrons. The lowest BCUT2D eigenvalue weighted by atomic mass is 9.91. The number of aliphatic hydroxyl groups excluding tert-OH is 1. The maximum atomic E-state index is 11.8. The van der Waals surface area contributed by atoms with Crippen molar-refractivity contribution in [2.45, 2.75) is 151 Å². The monoisotopic (exact) mass is 722 g/mol. The molecule has 13 nitrogen and oxygen atoms in total. The van der Waals surface area contributed by atoms with Gasteiger partial charge < -0.3 is 24.8 Å². The highest BCUT2D eigenvalue weighted by molar-refractivity contribution is 5.76. The predicted molar refractivity (Wildman–Crippen MR) is 189 cm³/mol. The molecule has 0 aliphatic heterocycles. The number of aliphatic hydroxyl groups is 1. The van der Waals surface area contributed by atoms with E-state index in [0.717, 1.165) is 25.7 Å². The van der Waals surface area contributed by atoms with E-state index in [1.54, 1.807) is 13.8 Å². The number of ether oxygens (including phenoxy) is 2. The first-order valence-electron chi connectivity index (χ1n) is 18.6. The molecule has 0 aromatic rings. The van der Waals surface area contributed by atoms with Crippen molar-refractivity contribution >= 4 is 23.9 Å². The van der Waals surface area contributed by atoms with Crippen LogP contribution in [-0.2, 0) is 48.2 Å². The van der Waals surface area contributed by atoms with E-state index >= 15 is 0 Å². The molecule has 0 saturated carbocycles. The number of hydrogen-bond donors (Lipinski definition) is 3. The molecule has 0 aromatic heterocycles. The van der Waals surface area contributed by atoms with Crippen molar-refractivity contribution < 1.29 is 63.5 Å². The summed E-state index contributed by atoms with van der Waals surface area (Å²) in [5.74, 6) is -3.39. The number of carbonyl (C=O) groups is 4. The maximum Gasteiger partial charge on any atom is 0.311 e. The zero-order valence-corrected chi connectivity index (χ0v) is 32.3. The fourth-order valence-corrected chi connectivity index (χ4v) is 4.18. The number of aliphatic carboxylic acids is 2. The Morgan fingerprint density at radius 2 is 1.02 bits per heavy atom. The van der Waals surface area contributed by atoms with E-state index < -0.39 is 40.7 Å². The Labute approximate surface area is 300 Å². The molecule has 0 aliphatic rings. The first-order chi connectivity index (χ1) is 23.6. The van der Waals surface area contributed by atoms with Gasteiger partial charge in [-0.1, -0.05) is 85.5 Å². The third kappa shape index (κ3) is 26.5. The molecule has 3 atom stereocenters. The van der Waals surface area contributed by atoms with Crippen LogP contribution >= 0.6 is 0 Å². The number of unbranched alkanes of at least 4 members (excludes halogenated alkanes) is 7. The smallest absolute Gasteiger partial charge is 0.311 e. The minimum atomic E-state index is -1.03. The van der Waals surface area contributed by atoms with Gasteiger partial charge in [-0.25, -0.2) is 19.6 Å². The third-order valence-electron chi connectivity index (χ3n) is 8.67. The Balaban J connectivity index is 0. The summed E-state index contributed by atoms with van der Waals surface area (Å²) in [5, 5.41) is 28.0. The Hall–Kier alpha value is -2.32. The van der Waals surface area contributed by atoms with E-state index in [9.17, 15) is 29.4 Å². The van der Waals surface area contributed by atoms with Crippen molar-refractivity contribution in [1.29, 1.82) is 0 Å². The Bertz CT molecular complexity index is 891. The van der Waals surface area contributed by atoms with Crippen LogP contribution in [0.2, 0.25) is 0 Å². The number of carboxylic acid groups (broad SMARTS) is 2. The first kappa shape index (κ1) is 49.8. The van der Waals surface area contributed by atoms with Crippen LogP contribution in [0.15, 0.2) is 0 Å². The molecule has 0 spiro atoms. The Kier molecular flexibility index (Phi) is 30.2. The van der Waals surface area contributed by atoms with Crippen LogP contribution in [0.3, 0.4) is 0 Å². The van der Waals surface area contributed by atoms with Crippen molar-refractivity contribution in [2.75, 3.05) is 39.6 Å². The van der Waals surface area contributed by atoms with E-state index in [1.165, 1.54) is 32.1 Å². The summed E-state index contributed by atoms with van der Waals surface area (Å²) in [5.41, 5.74) is -1.09. The first-order valence-corrected chi connectivity index (χ1v) is 18.6. The SMILES string of the molecule is CCCC(CCOOCCOC(=O)C(C)(C)CC)C(=O)O.CCCCCCCCCCC(COOCC(O)COC(=O)C(C)(C)CC)C(=O)O. The highest BCUT2D eigenvalue weighted by Gasteiger charge is 2.28. The number of esters is 2. The topological polar surface area (TPSA) is 184 Å². The van der Waals surface area contributed by atoms with E-state index in [0.29, 0.717) is 32.1 Å². The van der Waals surface area contributed by atoms with Crippen molar-refractivity contribution in [3.05, 3.63) is 0 Å². The normalized spacial score (nSPS) is 13.5. The van der Waals surface area contributed by atoms with Crippen molar-refractivity contribution in [2.24, 2.45) is 22.7 Å². The zero-order chi connectivity index (χ0) is 38.4. The van der Waals surface area contributed by atoms with Gasteiger partial charge in [0.25, 0.3) is 0 Å². The summed E-state index contributed by atoms with van der Waals surface area (Å²) in [6, 6.07) is 0. The lowest BCUT2D eigenvalue weighted by molar-refractivity contribution is -0.312. The molecule has 0 aromatic carbocycles. The van der Waals surface area contributed by atoms with Gasteiger partial charge in [-0.05, 0) is 59.8 Å². The second-order valence-corrected chi connectivity index (χ2v) is 14.0. The number of carbonyl (C=O) groups excluding carboxylic acids is 2. The molecule has 296 valence electrons. The number of hydrogen-bond acceptors (Lipinski definition) is 11. The van der Waals surface area contributed by atoms with Crippen LogP contribution in [0.5, 0.6) is 0 Å². The predicted octanol–water partition coefficient (Wildman–Crippen LogP) is 7.31. The molecule has 13 heteroatoms. The van der Waals surface area contributed by atoms with E-state index in [-0.39, 0.29) is 51.6 Å². The van der Waals surface area contributed by atoms with Crippen LogP contribution in [0.1, 0.15) is 145 Å². The van der Waals surface area contributed by atoms with E-state index in [1.807, 2.05) is 34.6 Å². The molecule has 3 unspecified atom stereocenters. The highest BCUT2D eigenvalue weighted by atomic mass is 17.2. The van der Waals surface area contributed by atoms with Gasteiger partial charge in [-0.3, -0.25) is 19.2 Å². The largest absolute Gasteiger partial charge is 0.481 e. The molecule has 3 N–H and O–H groups in total. The van der Waals surface area contributed by atoms with Gasteiger partial charge in [0.15, 0.2) is 0 Å². The van der Waals surface area contributed by atoms with Crippen molar-refractivity contribution in [3.8, 4) is 0 Å². The summed E-state index contributed by atoms with van der Waals surface area (Å²) in [7, 11) is 0. The second-order valence-electron chi connectivity index (χ2n) is 14.0. The summed E-state index contributed by atoms with van der Waals surface area (Å²) in [6.45, 7) is 15.2. The fraction of sp³-hybridized carbons (Fsp3) is 0.892. The van der Waals surface area contributed by atoms with Crippen molar-refractivity contribution in [1.82, 2.24) is 0 Å². The average Bonchev–Trinajstić information content (AvgIpc) is 3.07. The molecule has 0 saturated heterocycles. The summed E-state index contributed by atoms with van der Waals surface area (Å²) < 4.78 is 10.1. The molecule has 0 rings (SSSR count). The average molecular weight is 723 g/mol. The molecule has 0 heterocycles. The lowest BCUT2D eigenvalue weighted by Crippen LogP contribution is -2.31.